The van der Waals surface area contributed by atoms with Crippen molar-refractivity contribution in [2.75, 3.05) is 4.72 Å². The maximum atomic E-state index is 12.3. The molecule has 0 saturated heterocycles. The second-order valence-electron chi connectivity index (χ2n) is 4.96. The van der Waals surface area contributed by atoms with Crippen molar-refractivity contribution in [1.82, 2.24) is 4.98 Å². The first kappa shape index (κ1) is 18.2. The van der Waals surface area contributed by atoms with Gasteiger partial charge >= 0.3 is 0 Å². The number of aromatic nitrogens is 1. The molecule has 1 radical (unpaired) electrons. The van der Waals surface area contributed by atoms with E-state index < -0.39 is 10.0 Å². The normalized spacial score (nSPS) is 11.0. The van der Waals surface area contributed by atoms with Crippen molar-refractivity contribution < 1.29 is 52.5 Å². The van der Waals surface area contributed by atoms with Gasteiger partial charge in [-0.3, -0.25) is 9.71 Å². The molecule has 3 aromatic rings. The quantitative estimate of drug-likeness (QED) is 0.546. The summed E-state index contributed by atoms with van der Waals surface area (Å²) in [6.45, 7) is 1.91. The molecule has 0 amide bonds. The Balaban J connectivity index is 0.00000192. The fraction of sp³-hybridized carbons (Fsp3) is 0.0625. The van der Waals surface area contributed by atoms with Gasteiger partial charge in [0.1, 0.15) is 0 Å². The number of sulfonamides is 1. The maximum absolute atomic E-state index is 12.3. The van der Waals surface area contributed by atoms with E-state index in [-0.39, 0.29) is 54.6 Å². The molecule has 0 saturated carbocycles. The standard InChI is InChI=1S/C16H14N3O2S.Ac/c1-11-16-7-4-14(10-12(16)8-9-18-11)19-22(20,21)15-5-2-13(17)3-6-15;/h2-10,17,19H,1H3;/q-1;. The summed E-state index contributed by atoms with van der Waals surface area (Å²) in [5.74, 6) is 0. The van der Waals surface area contributed by atoms with Crippen molar-refractivity contribution in [2.24, 2.45) is 0 Å². The number of hydrogen-bond acceptors (Lipinski definition) is 3. The minimum absolute atomic E-state index is 0. The van der Waals surface area contributed by atoms with Crippen LogP contribution in [0.1, 0.15) is 5.69 Å². The Hall–Kier alpha value is -1.16. The van der Waals surface area contributed by atoms with Gasteiger partial charge in [-0.15, -0.1) is 5.69 Å². The number of benzene rings is 2. The zero-order chi connectivity index (χ0) is 15.7. The second kappa shape index (κ2) is 7.16. The molecule has 0 bridgehead atoms. The molecule has 1 aromatic heterocycles. The van der Waals surface area contributed by atoms with Gasteiger partial charge in [0.05, 0.1) is 4.90 Å². The number of anilines is 1. The van der Waals surface area contributed by atoms with Gasteiger partial charge in [0.25, 0.3) is 10.0 Å². The van der Waals surface area contributed by atoms with E-state index in [9.17, 15) is 8.42 Å². The Morgan fingerprint density at radius 2 is 1.74 bits per heavy atom. The molecule has 0 aliphatic rings. The van der Waals surface area contributed by atoms with Crippen LogP contribution in [0.3, 0.4) is 0 Å². The molecule has 0 fully saturated rings. The average molecular weight is 539 g/mol. The van der Waals surface area contributed by atoms with Crippen LogP contribution >= 0.6 is 0 Å². The van der Waals surface area contributed by atoms with Gasteiger partial charge in [-0.1, -0.05) is 18.2 Å². The molecule has 23 heavy (non-hydrogen) atoms. The van der Waals surface area contributed by atoms with Gasteiger partial charge in [0.2, 0.25) is 0 Å². The molecule has 0 aliphatic heterocycles. The number of rotatable bonds is 3. The molecule has 5 nitrogen and oxygen atoms in total. The number of pyridine rings is 1. The maximum Gasteiger partial charge on any atom is 0.261 e. The Morgan fingerprint density at radius 3 is 2.43 bits per heavy atom. The van der Waals surface area contributed by atoms with Gasteiger partial charge < -0.3 is 5.73 Å². The number of hydrogen-bond donors (Lipinski definition) is 1. The first-order chi connectivity index (χ1) is 10.5. The minimum atomic E-state index is -3.66. The molecule has 1 heterocycles. The minimum Gasteiger partial charge on any atom is -0.699 e. The summed E-state index contributed by atoms with van der Waals surface area (Å²) in [4.78, 5) is 4.34. The first-order valence-electron chi connectivity index (χ1n) is 6.65. The van der Waals surface area contributed by atoms with Crippen LogP contribution in [-0.4, -0.2) is 13.4 Å². The van der Waals surface area contributed by atoms with Crippen LogP contribution in [0.2, 0.25) is 0 Å². The molecule has 0 spiro atoms. The first-order valence-corrected chi connectivity index (χ1v) is 8.14. The van der Waals surface area contributed by atoms with Crippen molar-refractivity contribution in [2.45, 2.75) is 11.8 Å². The van der Waals surface area contributed by atoms with Gasteiger partial charge in [0.15, 0.2) is 0 Å². The Kier molecular flexibility index (Phi) is 5.66. The number of aryl methyl sites for hydroxylation is 1. The van der Waals surface area contributed by atoms with E-state index >= 15 is 0 Å². The van der Waals surface area contributed by atoms with Crippen LogP contribution in [0.4, 0.5) is 11.4 Å². The van der Waals surface area contributed by atoms with Crippen molar-refractivity contribution >= 4 is 32.2 Å². The fourth-order valence-corrected chi connectivity index (χ4v) is 3.29. The molecule has 0 aliphatic carbocycles. The summed E-state index contributed by atoms with van der Waals surface area (Å²) in [7, 11) is -3.66. The molecule has 115 valence electrons. The number of fused-ring (bicyclic) bond motifs is 1. The number of nitrogens with one attached hydrogen (secondary N) is 2. The smallest absolute Gasteiger partial charge is 0.261 e. The van der Waals surface area contributed by atoms with Crippen molar-refractivity contribution in [1.29, 1.82) is 0 Å². The van der Waals surface area contributed by atoms with E-state index in [0.29, 0.717) is 5.69 Å². The van der Waals surface area contributed by atoms with E-state index in [2.05, 4.69) is 9.71 Å². The summed E-state index contributed by atoms with van der Waals surface area (Å²) in [5, 5.41) is 1.92. The zero-order valence-electron chi connectivity index (χ0n) is 12.4. The molecular weight excluding hydrogens is 525 g/mol. The van der Waals surface area contributed by atoms with Crippen LogP contribution < -0.4 is 4.72 Å². The molecule has 7 heteroatoms. The summed E-state index contributed by atoms with van der Waals surface area (Å²) < 4.78 is 27.2. The Labute approximate surface area is 170 Å². The van der Waals surface area contributed by atoms with Crippen molar-refractivity contribution in [3.05, 3.63) is 66.2 Å². The van der Waals surface area contributed by atoms with Gasteiger partial charge in [-0.2, -0.15) is 0 Å². The fourth-order valence-electron chi connectivity index (χ4n) is 2.24. The van der Waals surface area contributed by atoms with E-state index in [1.54, 1.807) is 18.3 Å². The van der Waals surface area contributed by atoms with Crippen LogP contribution in [0.25, 0.3) is 16.5 Å². The third-order valence-electron chi connectivity index (χ3n) is 3.38. The average Bonchev–Trinajstić information content (AvgIpc) is 2.47. The van der Waals surface area contributed by atoms with E-state index in [1.807, 2.05) is 19.1 Å². The molecule has 2 aromatic carbocycles. The van der Waals surface area contributed by atoms with Crippen molar-refractivity contribution in [3.8, 4) is 0 Å². The summed E-state index contributed by atoms with van der Waals surface area (Å²) in [6, 6.07) is 12.9. The van der Waals surface area contributed by atoms with Crippen LogP contribution in [-0.2, 0) is 10.0 Å². The molecule has 2 N–H and O–H groups in total. The molecule has 0 atom stereocenters. The Morgan fingerprint density at radius 1 is 1.04 bits per heavy atom. The van der Waals surface area contributed by atoms with Crippen LogP contribution in [0.15, 0.2) is 59.6 Å². The summed E-state index contributed by atoms with van der Waals surface area (Å²) >= 11 is 0. The zero-order valence-corrected chi connectivity index (χ0v) is 18.0. The summed E-state index contributed by atoms with van der Waals surface area (Å²) in [5.41, 5.74) is 9.07. The van der Waals surface area contributed by atoms with E-state index in [1.165, 1.54) is 24.3 Å². The number of nitrogens with zero attached hydrogens (tertiary/aromatic N) is 1. The second-order valence-corrected chi connectivity index (χ2v) is 6.64. The molecule has 0 unspecified atom stereocenters. The monoisotopic (exact) mass is 539 g/mol. The molecule has 3 rings (SSSR count). The van der Waals surface area contributed by atoms with Crippen LogP contribution in [0.5, 0.6) is 0 Å². The largest absolute Gasteiger partial charge is 0.699 e. The predicted octanol–water partition coefficient (Wildman–Crippen LogP) is 4.03. The predicted molar refractivity (Wildman–Crippen MR) is 87.7 cm³/mol. The van der Waals surface area contributed by atoms with E-state index in [0.717, 1.165) is 16.5 Å². The summed E-state index contributed by atoms with van der Waals surface area (Å²) in [6.07, 6.45) is 1.70. The third-order valence-corrected chi connectivity index (χ3v) is 4.78. The SMILES string of the molecule is Cc1nccc2cc(NS(=O)(=O)c3ccc([NH-])cc3)ccc12.[Ac]. The Bertz CT molecular complexity index is 941. The van der Waals surface area contributed by atoms with Gasteiger partial charge in [-0.25, -0.2) is 8.42 Å². The van der Waals surface area contributed by atoms with Gasteiger partial charge in [0, 0.05) is 67.0 Å². The molecular formula is C16H14AcN3O2S-. The van der Waals surface area contributed by atoms with E-state index in [4.69, 9.17) is 5.73 Å². The topological polar surface area (TPSA) is 82.9 Å². The van der Waals surface area contributed by atoms with Gasteiger partial charge in [-0.05, 0) is 42.6 Å². The third kappa shape index (κ3) is 4.03. The van der Waals surface area contributed by atoms with Crippen LogP contribution in [0, 0.1) is 51.0 Å². The van der Waals surface area contributed by atoms with Crippen molar-refractivity contribution in [3.63, 3.8) is 0 Å².